The minimum Gasteiger partial charge on any atom is -0.192 e. The summed E-state index contributed by atoms with van der Waals surface area (Å²) >= 11 is 0. The van der Waals surface area contributed by atoms with E-state index in [0.717, 1.165) is 29.6 Å². The number of hydrogen-bond donors (Lipinski definition) is 0. The summed E-state index contributed by atoms with van der Waals surface area (Å²) in [6.45, 7) is 4.28. The van der Waals surface area contributed by atoms with Crippen LogP contribution in [-0.2, 0) is 0 Å². The van der Waals surface area contributed by atoms with Crippen molar-refractivity contribution in [3.05, 3.63) is 64.3 Å². The molecule has 0 radical (unpaired) electrons. The Morgan fingerprint density at radius 2 is 1.65 bits per heavy atom. The molecule has 0 saturated carbocycles. The highest BCUT2D eigenvalue weighted by atomic mass is 14.3. The first-order chi connectivity index (χ1) is 11.0. The first kappa shape index (κ1) is 16.3. The molecule has 23 heavy (non-hydrogen) atoms. The standard InChI is InChI=1S/C20H17N3/c1-20(2)10-17(9-18(11-20)19(13-22)14-23)8-5-15-3-6-16(12-21)7-4-15/h3-9H,10-11H2,1-2H3/b8-5+. The molecule has 0 heterocycles. The third-order valence-electron chi connectivity index (χ3n) is 3.79. The fourth-order valence-electron chi connectivity index (χ4n) is 2.76. The normalized spacial score (nSPS) is 16.1. The average Bonchev–Trinajstić information content (AvgIpc) is 2.53. The Morgan fingerprint density at radius 1 is 1.00 bits per heavy atom. The maximum absolute atomic E-state index is 9.09. The van der Waals surface area contributed by atoms with E-state index in [0.29, 0.717) is 5.56 Å². The first-order valence-corrected chi connectivity index (χ1v) is 7.39. The minimum absolute atomic E-state index is 0.0212. The van der Waals surface area contributed by atoms with Crippen molar-refractivity contribution in [2.75, 3.05) is 0 Å². The number of benzene rings is 1. The molecule has 1 aliphatic carbocycles. The van der Waals surface area contributed by atoms with Gasteiger partial charge in [0.05, 0.1) is 11.6 Å². The Kier molecular flexibility index (Phi) is 4.80. The predicted octanol–water partition coefficient (Wildman–Crippen LogP) is 4.66. The number of rotatable bonds is 2. The van der Waals surface area contributed by atoms with Crippen LogP contribution in [0, 0.1) is 39.4 Å². The maximum atomic E-state index is 9.09. The second kappa shape index (κ2) is 6.78. The van der Waals surface area contributed by atoms with Crippen LogP contribution in [0.4, 0.5) is 0 Å². The summed E-state index contributed by atoms with van der Waals surface area (Å²) in [7, 11) is 0. The molecule has 2 rings (SSSR count). The lowest BCUT2D eigenvalue weighted by Crippen LogP contribution is -2.17. The SMILES string of the molecule is CC1(C)CC(/C=C/c2ccc(C#N)cc2)=CC(=C(C#N)C#N)C1. The molecular formula is C20H17N3. The summed E-state index contributed by atoms with van der Waals surface area (Å²) in [5.41, 5.74) is 3.78. The van der Waals surface area contributed by atoms with Crippen molar-refractivity contribution in [1.82, 2.24) is 0 Å². The first-order valence-electron chi connectivity index (χ1n) is 7.39. The Bertz CT molecular complexity index is 798. The topological polar surface area (TPSA) is 71.4 Å². The molecule has 1 aromatic carbocycles. The van der Waals surface area contributed by atoms with E-state index in [1.807, 2.05) is 42.5 Å². The van der Waals surface area contributed by atoms with Gasteiger partial charge < -0.3 is 0 Å². The Balaban J connectivity index is 2.32. The van der Waals surface area contributed by atoms with Crippen molar-refractivity contribution in [3.63, 3.8) is 0 Å². The molecule has 0 aliphatic heterocycles. The molecule has 0 saturated heterocycles. The van der Waals surface area contributed by atoms with Crippen molar-refractivity contribution in [2.24, 2.45) is 5.41 Å². The Hall–Kier alpha value is -3.09. The fourth-order valence-corrected chi connectivity index (χ4v) is 2.76. The lowest BCUT2D eigenvalue weighted by atomic mass is 9.74. The highest BCUT2D eigenvalue weighted by molar-refractivity contribution is 5.56. The summed E-state index contributed by atoms with van der Waals surface area (Å²) in [6.07, 6.45) is 7.59. The summed E-state index contributed by atoms with van der Waals surface area (Å²) in [5.74, 6) is 0. The number of hydrogen-bond acceptors (Lipinski definition) is 3. The Labute approximate surface area is 137 Å². The molecule has 0 fully saturated rings. The molecule has 0 N–H and O–H groups in total. The second-order valence-corrected chi connectivity index (χ2v) is 6.43. The average molecular weight is 299 g/mol. The molecule has 0 amide bonds. The van der Waals surface area contributed by atoms with Crippen molar-refractivity contribution < 1.29 is 0 Å². The third-order valence-corrected chi connectivity index (χ3v) is 3.79. The number of nitrogens with zero attached hydrogens (tertiary/aromatic N) is 3. The molecule has 0 atom stereocenters. The Morgan fingerprint density at radius 3 is 2.22 bits per heavy atom. The predicted molar refractivity (Wildman–Crippen MR) is 89.5 cm³/mol. The monoisotopic (exact) mass is 299 g/mol. The van der Waals surface area contributed by atoms with Gasteiger partial charge in [-0.05, 0) is 47.1 Å². The summed E-state index contributed by atoms with van der Waals surface area (Å²) < 4.78 is 0. The van der Waals surface area contributed by atoms with Crippen LogP contribution in [0.15, 0.2) is 53.1 Å². The zero-order valence-corrected chi connectivity index (χ0v) is 13.3. The summed E-state index contributed by atoms with van der Waals surface area (Å²) in [4.78, 5) is 0. The van der Waals surface area contributed by atoms with E-state index in [4.69, 9.17) is 15.8 Å². The highest BCUT2D eigenvalue weighted by Gasteiger charge is 2.26. The smallest absolute Gasteiger partial charge is 0.132 e. The summed E-state index contributed by atoms with van der Waals surface area (Å²) in [6, 6.07) is 13.4. The van der Waals surface area contributed by atoms with Gasteiger partial charge in [0.2, 0.25) is 0 Å². The number of nitriles is 3. The molecule has 0 bridgehead atoms. The van der Waals surface area contributed by atoms with Crippen molar-refractivity contribution >= 4 is 6.08 Å². The van der Waals surface area contributed by atoms with Crippen molar-refractivity contribution in [2.45, 2.75) is 26.7 Å². The van der Waals surface area contributed by atoms with E-state index in [1.54, 1.807) is 12.1 Å². The van der Waals surface area contributed by atoms with Gasteiger partial charge in [-0.1, -0.05) is 44.2 Å². The van der Waals surface area contributed by atoms with Gasteiger partial charge in [-0.3, -0.25) is 0 Å². The van der Waals surface area contributed by atoms with Gasteiger partial charge in [0, 0.05) is 0 Å². The molecule has 1 aliphatic rings. The van der Waals surface area contributed by atoms with Crippen LogP contribution in [-0.4, -0.2) is 0 Å². The van der Waals surface area contributed by atoms with Gasteiger partial charge in [-0.25, -0.2) is 0 Å². The van der Waals surface area contributed by atoms with Crippen LogP contribution in [0.2, 0.25) is 0 Å². The minimum atomic E-state index is 0.0212. The lowest BCUT2D eigenvalue weighted by Gasteiger charge is -2.30. The van der Waals surface area contributed by atoms with Crippen LogP contribution in [0.25, 0.3) is 6.08 Å². The van der Waals surface area contributed by atoms with E-state index in [-0.39, 0.29) is 11.0 Å². The second-order valence-electron chi connectivity index (χ2n) is 6.43. The summed E-state index contributed by atoms with van der Waals surface area (Å²) in [5, 5.41) is 27.0. The van der Waals surface area contributed by atoms with E-state index in [1.165, 1.54) is 0 Å². The number of allylic oxidation sites excluding steroid dienone is 5. The molecule has 0 spiro atoms. The largest absolute Gasteiger partial charge is 0.192 e. The lowest BCUT2D eigenvalue weighted by molar-refractivity contribution is 0.354. The molecular weight excluding hydrogens is 282 g/mol. The quantitative estimate of drug-likeness (QED) is 0.745. The molecule has 3 heteroatoms. The van der Waals surface area contributed by atoms with E-state index < -0.39 is 0 Å². The van der Waals surface area contributed by atoms with Gasteiger partial charge in [-0.15, -0.1) is 0 Å². The van der Waals surface area contributed by atoms with E-state index in [2.05, 4.69) is 19.9 Å². The van der Waals surface area contributed by atoms with Gasteiger partial charge in [-0.2, -0.15) is 15.8 Å². The molecule has 0 unspecified atom stereocenters. The van der Waals surface area contributed by atoms with E-state index in [9.17, 15) is 0 Å². The van der Waals surface area contributed by atoms with Crippen LogP contribution in [0.1, 0.15) is 37.8 Å². The van der Waals surface area contributed by atoms with Gasteiger partial charge in [0.1, 0.15) is 17.7 Å². The highest BCUT2D eigenvalue weighted by Crippen LogP contribution is 2.39. The fraction of sp³-hybridized carbons (Fsp3) is 0.250. The van der Waals surface area contributed by atoms with Crippen molar-refractivity contribution in [3.8, 4) is 18.2 Å². The molecule has 1 aromatic rings. The van der Waals surface area contributed by atoms with Crippen LogP contribution in [0.3, 0.4) is 0 Å². The van der Waals surface area contributed by atoms with Gasteiger partial charge in [0.15, 0.2) is 0 Å². The van der Waals surface area contributed by atoms with Gasteiger partial charge >= 0.3 is 0 Å². The van der Waals surface area contributed by atoms with E-state index >= 15 is 0 Å². The maximum Gasteiger partial charge on any atom is 0.132 e. The van der Waals surface area contributed by atoms with Crippen LogP contribution < -0.4 is 0 Å². The third kappa shape index (κ3) is 4.19. The van der Waals surface area contributed by atoms with Crippen LogP contribution >= 0.6 is 0 Å². The molecule has 0 aromatic heterocycles. The van der Waals surface area contributed by atoms with Crippen molar-refractivity contribution in [1.29, 1.82) is 15.8 Å². The molecule has 112 valence electrons. The molecule has 3 nitrogen and oxygen atoms in total. The zero-order valence-electron chi connectivity index (χ0n) is 13.3. The van der Waals surface area contributed by atoms with Gasteiger partial charge in [0.25, 0.3) is 0 Å². The zero-order chi connectivity index (χ0) is 16.9. The van der Waals surface area contributed by atoms with Crippen LogP contribution in [0.5, 0.6) is 0 Å².